The zero-order valence-electron chi connectivity index (χ0n) is 12.0. The van der Waals surface area contributed by atoms with E-state index in [4.69, 9.17) is 0 Å². The van der Waals surface area contributed by atoms with Crippen molar-refractivity contribution in [3.05, 3.63) is 65.0 Å². The Morgan fingerprint density at radius 3 is 2.71 bits per heavy atom. The van der Waals surface area contributed by atoms with Gasteiger partial charge in [0, 0.05) is 0 Å². The molecule has 0 aliphatic carbocycles. The van der Waals surface area contributed by atoms with Gasteiger partial charge in [-0.15, -0.1) is 0 Å². The van der Waals surface area contributed by atoms with Crippen molar-refractivity contribution in [2.45, 2.75) is 13.8 Å². The quantitative estimate of drug-likeness (QED) is 0.710. The molecule has 21 heavy (non-hydrogen) atoms. The maximum Gasteiger partial charge on any atom is 0.149 e. The van der Waals surface area contributed by atoms with Gasteiger partial charge in [0.1, 0.15) is 11.9 Å². The highest BCUT2D eigenvalue weighted by atomic mass is 14.9. The van der Waals surface area contributed by atoms with Crippen molar-refractivity contribution in [2.24, 2.45) is 0 Å². The van der Waals surface area contributed by atoms with Crippen LogP contribution in [0.2, 0.25) is 0 Å². The van der Waals surface area contributed by atoms with Crippen LogP contribution < -0.4 is 0 Å². The smallest absolute Gasteiger partial charge is 0.149 e. The van der Waals surface area contributed by atoms with Gasteiger partial charge in [-0.2, -0.15) is 5.26 Å². The number of aryl methyl sites for hydroxylation is 2. The first-order chi connectivity index (χ1) is 10.2. The fraction of sp³-hybridized carbons (Fsp3) is 0.111. The van der Waals surface area contributed by atoms with Gasteiger partial charge in [-0.05, 0) is 43.2 Å². The van der Waals surface area contributed by atoms with E-state index in [9.17, 15) is 5.26 Å². The molecule has 0 amide bonds. The Hall–Kier alpha value is -2.86. The van der Waals surface area contributed by atoms with Gasteiger partial charge in [0.2, 0.25) is 0 Å². The Morgan fingerprint density at radius 1 is 1.19 bits per heavy atom. The first-order valence-corrected chi connectivity index (χ1v) is 6.81. The third kappa shape index (κ3) is 2.56. The molecule has 1 aromatic heterocycles. The number of benzene rings is 2. The minimum Gasteiger partial charge on any atom is -0.337 e. The van der Waals surface area contributed by atoms with Crippen LogP contribution in [0.5, 0.6) is 0 Å². The largest absolute Gasteiger partial charge is 0.337 e. The summed E-state index contributed by atoms with van der Waals surface area (Å²) < 4.78 is 0. The van der Waals surface area contributed by atoms with Crippen molar-refractivity contribution in [3.8, 4) is 6.07 Å². The Labute approximate surface area is 123 Å². The van der Waals surface area contributed by atoms with Gasteiger partial charge in [0.05, 0.1) is 16.6 Å². The molecule has 0 aliphatic rings. The summed E-state index contributed by atoms with van der Waals surface area (Å²) in [6, 6.07) is 16.2. The molecule has 0 unspecified atom stereocenters. The third-order valence-corrected chi connectivity index (χ3v) is 3.49. The summed E-state index contributed by atoms with van der Waals surface area (Å²) in [5.74, 6) is 0.610. The van der Waals surface area contributed by atoms with Crippen molar-refractivity contribution >= 4 is 22.7 Å². The van der Waals surface area contributed by atoms with Crippen LogP contribution in [0.25, 0.3) is 22.7 Å². The Bertz CT molecular complexity index is 846. The molecule has 1 heterocycles. The molecule has 0 radical (unpaired) electrons. The van der Waals surface area contributed by atoms with Crippen molar-refractivity contribution < 1.29 is 0 Å². The number of aromatic amines is 1. The lowest BCUT2D eigenvalue weighted by molar-refractivity contribution is 1.27. The van der Waals surface area contributed by atoms with E-state index in [1.54, 1.807) is 0 Å². The Balaban J connectivity index is 2.09. The molecule has 3 aromatic rings. The summed E-state index contributed by atoms with van der Waals surface area (Å²) in [6.45, 7) is 4.11. The molecule has 0 saturated carbocycles. The number of rotatable bonds is 2. The van der Waals surface area contributed by atoms with Gasteiger partial charge in [-0.1, -0.05) is 35.9 Å². The van der Waals surface area contributed by atoms with Gasteiger partial charge < -0.3 is 4.98 Å². The minimum absolute atomic E-state index is 0.540. The molecule has 3 heteroatoms. The SMILES string of the molecule is Cc1ccc(C=C(C#N)c2nc3ccccc3[nH]2)c(C)c1. The number of H-pyrrole nitrogens is 1. The van der Waals surface area contributed by atoms with Crippen LogP contribution in [0.3, 0.4) is 0 Å². The predicted octanol–water partition coefficient (Wildman–Crippen LogP) is 4.24. The summed E-state index contributed by atoms with van der Waals surface area (Å²) >= 11 is 0. The second-order valence-corrected chi connectivity index (χ2v) is 5.13. The number of hydrogen-bond donors (Lipinski definition) is 1. The van der Waals surface area contributed by atoms with E-state index in [2.05, 4.69) is 29.0 Å². The van der Waals surface area contributed by atoms with E-state index in [0.29, 0.717) is 11.4 Å². The molecule has 3 nitrogen and oxygen atoms in total. The summed E-state index contributed by atoms with van der Waals surface area (Å²) in [5.41, 5.74) is 5.75. The van der Waals surface area contributed by atoms with Crippen molar-refractivity contribution in [1.82, 2.24) is 9.97 Å². The fourth-order valence-electron chi connectivity index (χ4n) is 2.38. The number of fused-ring (bicyclic) bond motifs is 1. The van der Waals surface area contributed by atoms with Crippen LogP contribution in [0.15, 0.2) is 42.5 Å². The number of imidazole rings is 1. The third-order valence-electron chi connectivity index (χ3n) is 3.49. The van der Waals surface area contributed by atoms with Crippen molar-refractivity contribution in [2.75, 3.05) is 0 Å². The van der Waals surface area contributed by atoms with Crippen molar-refractivity contribution in [3.63, 3.8) is 0 Å². The molecule has 1 N–H and O–H groups in total. The molecule has 0 bridgehead atoms. The highest BCUT2D eigenvalue weighted by molar-refractivity contribution is 5.90. The van der Waals surface area contributed by atoms with E-state index in [1.165, 1.54) is 5.56 Å². The molecular formula is C18H15N3. The van der Waals surface area contributed by atoms with Crippen LogP contribution in [0.4, 0.5) is 0 Å². The second-order valence-electron chi connectivity index (χ2n) is 5.13. The average molecular weight is 273 g/mol. The number of allylic oxidation sites excluding steroid dienone is 1. The van der Waals surface area contributed by atoms with Crippen molar-refractivity contribution in [1.29, 1.82) is 5.26 Å². The molecule has 0 fully saturated rings. The summed E-state index contributed by atoms with van der Waals surface area (Å²) in [7, 11) is 0. The number of para-hydroxylation sites is 2. The molecule has 0 aliphatic heterocycles. The van der Waals surface area contributed by atoms with Gasteiger partial charge in [0.25, 0.3) is 0 Å². The number of nitriles is 1. The summed E-state index contributed by atoms with van der Waals surface area (Å²) in [6.07, 6.45) is 1.88. The highest BCUT2D eigenvalue weighted by Crippen LogP contribution is 2.21. The molecule has 102 valence electrons. The van der Waals surface area contributed by atoms with Crippen LogP contribution in [-0.4, -0.2) is 9.97 Å². The lowest BCUT2D eigenvalue weighted by Gasteiger charge is -2.02. The topological polar surface area (TPSA) is 52.5 Å². The maximum absolute atomic E-state index is 9.43. The standard InChI is InChI=1S/C18H15N3/c1-12-7-8-14(13(2)9-12)10-15(11-19)18-20-16-5-3-4-6-17(16)21-18/h3-10H,1-2H3,(H,20,21). The van der Waals surface area contributed by atoms with E-state index < -0.39 is 0 Å². The summed E-state index contributed by atoms with van der Waals surface area (Å²) in [4.78, 5) is 7.68. The first-order valence-electron chi connectivity index (χ1n) is 6.81. The predicted molar refractivity (Wildman–Crippen MR) is 85.5 cm³/mol. The molecule has 3 rings (SSSR count). The van der Waals surface area contributed by atoms with E-state index in [1.807, 2.05) is 49.4 Å². The lowest BCUT2D eigenvalue weighted by atomic mass is 10.0. The van der Waals surface area contributed by atoms with E-state index in [-0.39, 0.29) is 0 Å². The lowest BCUT2D eigenvalue weighted by Crippen LogP contribution is -1.87. The molecule has 0 saturated heterocycles. The molecule has 0 spiro atoms. The molecule has 2 aromatic carbocycles. The van der Waals surface area contributed by atoms with Crippen LogP contribution in [0, 0.1) is 25.2 Å². The first kappa shape index (κ1) is 13.1. The number of nitrogens with zero attached hydrogens (tertiary/aromatic N) is 2. The van der Waals surface area contributed by atoms with Crippen LogP contribution >= 0.6 is 0 Å². The second kappa shape index (κ2) is 5.26. The maximum atomic E-state index is 9.43. The zero-order valence-corrected chi connectivity index (χ0v) is 12.0. The van der Waals surface area contributed by atoms with E-state index >= 15 is 0 Å². The normalized spacial score (nSPS) is 11.6. The number of nitrogens with one attached hydrogen (secondary N) is 1. The monoisotopic (exact) mass is 273 g/mol. The van der Waals surface area contributed by atoms with Gasteiger partial charge in [-0.3, -0.25) is 0 Å². The van der Waals surface area contributed by atoms with Gasteiger partial charge in [0.15, 0.2) is 0 Å². The molecule has 0 atom stereocenters. The molecular weight excluding hydrogens is 258 g/mol. The Morgan fingerprint density at radius 2 is 2.00 bits per heavy atom. The highest BCUT2D eigenvalue weighted by Gasteiger charge is 2.08. The van der Waals surface area contributed by atoms with Gasteiger partial charge >= 0.3 is 0 Å². The van der Waals surface area contributed by atoms with Gasteiger partial charge in [-0.25, -0.2) is 4.98 Å². The number of aromatic nitrogens is 2. The zero-order chi connectivity index (χ0) is 14.8. The number of hydrogen-bond acceptors (Lipinski definition) is 2. The van der Waals surface area contributed by atoms with E-state index in [0.717, 1.165) is 22.2 Å². The minimum atomic E-state index is 0.540. The fourth-order valence-corrected chi connectivity index (χ4v) is 2.38. The van der Waals surface area contributed by atoms with Crippen LogP contribution in [-0.2, 0) is 0 Å². The Kier molecular flexibility index (Phi) is 3.29. The van der Waals surface area contributed by atoms with Crippen LogP contribution in [0.1, 0.15) is 22.5 Å². The average Bonchev–Trinajstić information content (AvgIpc) is 2.90. The summed E-state index contributed by atoms with van der Waals surface area (Å²) in [5, 5.41) is 9.43.